The number of carbonyl (C=O) groups excluding carboxylic acids is 1. The van der Waals surface area contributed by atoms with Crippen molar-refractivity contribution >= 4 is 17.7 Å². The van der Waals surface area contributed by atoms with E-state index in [4.69, 9.17) is 9.47 Å². The lowest BCUT2D eigenvalue weighted by molar-refractivity contribution is -0.119. The van der Waals surface area contributed by atoms with Gasteiger partial charge in [0.05, 0.1) is 12.9 Å². The molecule has 3 rings (SSSR count). The first kappa shape index (κ1) is 19.8. The van der Waals surface area contributed by atoms with Gasteiger partial charge in [-0.3, -0.25) is 4.79 Å². The minimum absolute atomic E-state index is 0.0180. The van der Waals surface area contributed by atoms with Crippen molar-refractivity contribution in [3.8, 4) is 5.75 Å². The molecule has 1 saturated heterocycles. The van der Waals surface area contributed by atoms with Gasteiger partial charge in [0, 0.05) is 30.9 Å². The Hall–Kier alpha value is -1.98. The van der Waals surface area contributed by atoms with E-state index >= 15 is 0 Å². The van der Waals surface area contributed by atoms with E-state index in [-0.39, 0.29) is 11.3 Å². The smallest absolute Gasteiger partial charge is 0.230 e. The van der Waals surface area contributed by atoms with E-state index in [0.29, 0.717) is 12.3 Å². The molecule has 2 aromatic carbocycles. The van der Waals surface area contributed by atoms with E-state index in [9.17, 15) is 4.79 Å². The number of nitrogens with one attached hydrogen (secondary N) is 1. The predicted octanol–water partition coefficient (Wildman–Crippen LogP) is 3.79. The Bertz CT molecular complexity index is 712. The molecule has 0 aliphatic carbocycles. The molecule has 1 aliphatic heterocycles. The fraction of sp³-hybridized carbons (Fsp3) is 0.409. The van der Waals surface area contributed by atoms with Crippen LogP contribution in [-0.2, 0) is 20.7 Å². The van der Waals surface area contributed by atoms with Crippen LogP contribution in [0.15, 0.2) is 54.6 Å². The molecular weight excluding hydrogens is 358 g/mol. The van der Waals surface area contributed by atoms with Gasteiger partial charge in [0.15, 0.2) is 0 Å². The van der Waals surface area contributed by atoms with E-state index in [1.54, 1.807) is 18.9 Å². The summed E-state index contributed by atoms with van der Waals surface area (Å²) in [5.74, 6) is 2.22. The second kappa shape index (κ2) is 9.81. The second-order valence-electron chi connectivity index (χ2n) is 6.88. The van der Waals surface area contributed by atoms with Crippen molar-refractivity contribution < 1.29 is 14.3 Å². The molecule has 144 valence electrons. The average molecular weight is 386 g/mol. The number of amides is 1. The Balaban J connectivity index is 1.49. The summed E-state index contributed by atoms with van der Waals surface area (Å²) >= 11 is 1.63. The first-order valence-corrected chi connectivity index (χ1v) is 10.5. The molecule has 0 radical (unpaired) electrons. The minimum Gasteiger partial charge on any atom is -0.497 e. The number of thioether (sulfide) groups is 1. The summed E-state index contributed by atoms with van der Waals surface area (Å²) in [7, 11) is 1.66. The third-order valence-electron chi connectivity index (χ3n) is 5.12. The van der Waals surface area contributed by atoms with E-state index in [0.717, 1.165) is 37.6 Å². The lowest BCUT2D eigenvalue weighted by Gasteiger charge is -2.38. The fourth-order valence-electron chi connectivity index (χ4n) is 3.42. The average Bonchev–Trinajstić information content (AvgIpc) is 2.74. The van der Waals surface area contributed by atoms with Crippen LogP contribution in [0.25, 0.3) is 0 Å². The molecule has 1 amide bonds. The SMILES string of the molecule is COc1ccc(CSCC(=O)NCC2(c3ccccc3)CCOCC2)cc1. The minimum atomic E-state index is -0.0180. The van der Waals surface area contributed by atoms with Gasteiger partial charge in [0.1, 0.15) is 5.75 Å². The topological polar surface area (TPSA) is 47.6 Å². The monoisotopic (exact) mass is 385 g/mol. The normalized spacial score (nSPS) is 15.9. The standard InChI is InChI=1S/C22H27NO3S/c1-25-20-9-7-18(8-10-20)15-27-16-21(24)23-17-22(11-13-26-14-12-22)19-5-3-2-4-6-19/h2-10H,11-17H2,1H3,(H,23,24). The summed E-state index contributed by atoms with van der Waals surface area (Å²) in [5, 5.41) is 3.16. The Kier molecular flexibility index (Phi) is 7.18. The van der Waals surface area contributed by atoms with Crippen LogP contribution in [0.1, 0.15) is 24.0 Å². The third kappa shape index (κ3) is 5.50. The summed E-state index contributed by atoms with van der Waals surface area (Å²) in [6.07, 6.45) is 1.88. The Morgan fingerprint density at radius 1 is 1.11 bits per heavy atom. The Morgan fingerprint density at radius 2 is 1.81 bits per heavy atom. The molecule has 2 aromatic rings. The zero-order chi connectivity index (χ0) is 19.0. The van der Waals surface area contributed by atoms with Gasteiger partial charge in [-0.05, 0) is 36.1 Å². The van der Waals surface area contributed by atoms with E-state index < -0.39 is 0 Å². The van der Waals surface area contributed by atoms with Crippen LogP contribution in [0.4, 0.5) is 0 Å². The summed E-state index contributed by atoms with van der Waals surface area (Å²) in [5.41, 5.74) is 2.47. The highest BCUT2D eigenvalue weighted by Gasteiger charge is 2.34. The highest BCUT2D eigenvalue weighted by Crippen LogP contribution is 2.34. The lowest BCUT2D eigenvalue weighted by Crippen LogP contribution is -2.45. The van der Waals surface area contributed by atoms with Crippen molar-refractivity contribution in [1.29, 1.82) is 0 Å². The van der Waals surface area contributed by atoms with Gasteiger partial charge in [0.2, 0.25) is 5.91 Å². The molecule has 0 unspecified atom stereocenters. The van der Waals surface area contributed by atoms with Crippen LogP contribution in [0.2, 0.25) is 0 Å². The first-order chi connectivity index (χ1) is 13.2. The molecule has 1 aliphatic rings. The quantitative estimate of drug-likeness (QED) is 0.751. The molecule has 5 heteroatoms. The van der Waals surface area contributed by atoms with Crippen molar-refractivity contribution in [2.45, 2.75) is 24.0 Å². The van der Waals surface area contributed by atoms with Crippen LogP contribution < -0.4 is 10.1 Å². The van der Waals surface area contributed by atoms with Gasteiger partial charge in [0.25, 0.3) is 0 Å². The van der Waals surface area contributed by atoms with Crippen molar-refractivity contribution in [3.05, 3.63) is 65.7 Å². The zero-order valence-electron chi connectivity index (χ0n) is 15.8. The Morgan fingerprint density at radius 3 is 2.48 bits per heavy atom. The summed E-state index contributed by atoms with van der Waals surface area (Å²) in [6.45, 7) is 2.16. The largest absolute Gasteiger partial charge is 0.497 e. The van der Waals surface area contributed by atoms with Crippen LogP contribution in [0, 0.1) is 0 Å². The maximum Gasteiger partial charge on any atom is 0.230 e. The first-order valence-electron chi connectivity index (χ1n) is 9.32. The number of hydrogen-bond acceptors (Lipinski definition) is 4. The van der Waals surface area contributed by atoms with Crippen LogP contribution in [-0.4, -0.2) is 38.5 Å². The number of rotatable bonds is 8. The van der Waals surface area contributed by atoms with Gasteiger partial charge in [-0.25, -0.2) is 0 Å². The number of hydrogen-bond donors (Lipinski definition) is 1. The number of methoxy groups -OCH3 is 1. The third-order valence-corrected chi connectivity index (χ3v) is 6.12. The molecule has 1 heterocycles. The maximum absolute atomic E-state index is 12.4. The molecule has 0 saturated carbocycles. The number of benzene rings is 2. The summed E-state index contributed by atoms with van der Waals surface area (Å²) < 4.78 is 10.7. The second-order valence-corrected chi connectivity index (χ2v) is 7.86. The van der Waals surface area contributed by atoms with E-state index in [2.05, 4.69) is 29.6 Å². The van der Waals surface area contributed by atoms with Gasteiger partial charge in [-0.15, -0.1) is 11.8 Å². The molecule has 4 nitrogen and oxygen atoms in total. The predicted molar refractivity (Wildman–Crippen MR) is 110 cm³/mol. The molecule has 0 aromatic heterocycles. The lowest BCUT2D eigenvalue weighted by atomic mass is 9.74. The molecule has 1 fully saturated rings. The van der Waals surface area contributed by atoms with Gasteiger partial charge < -0.3 is 14.8 Å². The summed E-state index contributed by atoms with van der Waals surface area (Å²) in [6, 6.07) is 18.5. The van der Waals surface area contributed by atoms with E-state index in [1.807, 2.05) is 30.3 Å². The van der Waals surface area contributed by atoms with Crippen molar-refractivity contribution in [3.63, 3.8) is 0 Å². The van der Waals surface area contributed by atoms with Gasteiger partial charge in [-0.2, -0.15) is 0 Å². The zero-order valence-corrected chi connectivity index (χ0v) is 16.6. The van der Waals surface area contributed by atoms with Crippen molar-refractivity contribution in [2.24, 2.45) is 0 Å². The van der Waals surface area contributed by atoms with Crippen LogP contribution >= 0.6 is 11.8 Å². The molecule has 0 spiro atoms. The highest BCUT2D eigenvalue weighted by molar-refractivity contribution is 7.99. The maximum atomic E-state index is 12.4. The van der Waals surface area contributed by atoms with Crippen molar-refractivity contribution in [1.82, 2.24) is 5.32 Å². The van der Waals surface area contributed by atoms with E-state index in [1.165, 1.54) is 11.1 Å². The molecule has 1 N–H and O–H groups in total. The van der Waals surface area contributed by atoms with Gasteiger partial charge in [-0.1, -0.05) is 42.5 Å². The number of carbonyl (C=O) groups is 1. The highest BCUT2D eigenvalue weighted by atomic mass is 32.2. The van der Waals surface area contributed by atoms with Crippen LogP contribution in [0.3, 0.4) is 0 Å². The number of ether oxygens (including phenoxy) is 2. The molecular formula is C22H27NO3S. The Labute approximate surface area is 165 Å². The van der Waals surface area contributed by atoms with Crippen LogP contribution in [0.5, 0.6) is 5.75 Å². The fourth-order valence-corrected chi connectivity index (χ4v) is 4.24. The van der Waals surface area contributed by atoms with Gasteiger partial charge >= 0.3 is 0 Å². The van der Waals surface area contributed by atoms with Crippen molar-refractivity contribution in [2.75, 3.05) is 32.6 Å². The summed E-state index contributed by atoms with van der Waals surface area (Å²) in [4.78, 5) is 12.4. The molecule has 0 bridgehead atoms. The molecule has 0 atom stereocenters. The molecule has 27 heavy (non-hydrogen) atoms.